The molecule has 3 nitrogen and oxygen atoms in total. The molecule has 0 unspecified atom stereocenters. The molecule has 2 N–H and O–H groups in total. The van der Waals surface area contributed by atoms with E-state index in [1.165, 1.54) is 12.8 Å². The van der Waals surface area contributed by atoms with E-state index in [-0.39, 0.29) is 18.3 Å². The summed E-state index contributed by atoms with van der Waals surface area (Å²) in [5.41, 5.74) is 0.482. The van der Waals surface area contributed by atoms with Crippen LogP contribution in [0.5, 0.6) is 0 Å². The standard InChI is InChI=1S/C14H26N2O.ClH/c1-14(2)7-3-12(4-8-14)16-13(17)11-5-9-15-10-6-11;/h11-12,15H,3-10H2,1-2H3,(H,16,17);1H. The van der Waals surface area contributed by atoms with Crippen LogP contribution in [0.2, 0.25) is 0 Å². The number of nitrogens with one attached hydrogen (secondary N) is 2. The summed E-state index contributed by atoms with van der Waals surface area (Å²) in [4.78, 5) is 12.1. The smallest absolute Gasteiger partial charge is 0.223 e. The first-order valence-corrected chi connectivity index (χ1v) is 7.08. The highest BCUT2D eigenvalue weighted by Crippen LogP contribution is 2.35. The van der Waals surface area contributed by atoms with Gasteiger partial charge in [0.2, 0.25) is 5.91 Å². The highest BCUT2D eigenvalue weighted by atomic mass is 35.5. The number of carbonyl (C=O) groups is 1. The van der Waals surface area contributed by atoms with Crippen molar-refractivity contribution in [1.82, 2.24) is 10.6 Å². The van der Waals surface area contributed by atoms with E-state index in [4.69, 9.17) is 0 Å². The molecule has 2 rings (SSSR count). The first-order valence-electron chi connectivity index (χ1n) is 7.08. The Balaban J connectivity index is 0.00000162. The van der Waals surface area contributed by atoms with E-state index < -0.39 is 0 Å². The predicted molar refractivity (Wildman–Crippen MR) is 77.0 cm³/mol. The van der Waals surface area contributed by atoms with Crippen LogP contribution in [0.1, 0.15) is 52.4 Å². The molecule has 1 aliphatic heterocycles. The van der Waals surface area contributed by atoms with Crippen LogP contribution in [0.3, 0.4) is 0 Å². The number of carbonyl (C=O) groups excluding carboxylic acids is 1. The van der Waals surface area contributed by atoms with Gasteiger partial charge in [0.1, 0.15) is 0 Å². The second-order valence-electron chi connectivity index (χ2n) is 6.47. The third kappa shape index (κ3) is 4.43. The number of amides is 1. The maximum absolute atomic E-state index is 12.1. The molecule has 2 aliphatic rings. The van der Waals surface area contributed by atoms with Gasteiger partial charge in [0, 0.05) is 12.0 Å². The molecular formula is C14H27ClN2O. The molecule has 0 aromatic carbocycles. The number of hydrogen-bond acceptors (Lipinski definition) is 2. The van der Waals surface area contributed by atoms with E-state index in [1.54, 1.807) is 0 Å². The second-order valence-corrected chi connectivity index (χ2v) is 6.47. The third-order valence-electron chi connectivity index (χ3n) is 4.40. The molecule has 2 fully saturated rings. The van der Waals surface area contributed by atoms with Crippen LogP contribution in [0.4, 0.5) is 0 Å². The fraction of sp³-hybridized carbons (Fsp3) is 0.929. The van der Waals surface area contributed by atoms with Crippen molar-refractivity contribution in [3.8, 4) is 0 Å². The lowest BCUT2D eigenvalue weighted by Crippen LogP contribution is -2.44. The number of halogens is 1. The summed E-state index contributed by atoms with van der Waals surface area (Å²) in [6, 6.07) is 0.436. The summed E-state index contributed by atoms with van der Waals surface area (Å²) in [6.07, 6.45) is 6.80. The Morgan fingerprint density at radius 3 is 2.22 bits per heavy atom. The Hall–Kier alpha value is -0.280. The van der Waals surface area contributed by atoms with Crippen LogP contribution >= 0.6 is 12.4 Å². The Morgan fingerprint density at radius 1 is 1.11 bits per heavy atom. The highest BCUT2D eigenvalue weighted by Gasteiger charge is 2.29. The zero-order valence-electron chi connectivity index (χ0n) is 11.6. The van der Waals surface area contributed by atoms with Gasteiger partial charge in [0.15, 0.2) is 0 Å². The van der Waals surface area contributed by atoms with Crippen molar-refractivity contribution in [3.05, 3.63) is 0 Å². The molecule has 0 atom stereocenters. The lowest BCUT2D eigenvalue weighted by atomic mass is 9.75. The molecule has 1 amide bonds. The van der Waals surface area contributed by atoms with E-state index in [0.29, 0.717) is 17.4 Å². The first kappa shape index (κ1) is 15.8. The van der Waals surface area contributed by atoms with Crippen molar-refractivity contribution < 1.29 is 4.79 Å². The van der Waals surface area contributed by atoms with Crippen molar-refractivity contribution in [1.29, 1.82) is 0 Å². The fourth-order valence-corrected chi connectivity index (χ4v) is 2.95. The summed E-state index contributed by atoms with van der Waals surface area (Å²) in [5, 5.41) is 6.56. The molecule has 1 saturated heterocycles. The average Bonchev–Trinajstić information content (AvgIpc) is 2.33. The van der Waals surface area contributed by atoms with Crippen molar-refractivity contribution in [2.75, 3.05) is 13.1 Å². The van der Waals surface area contributed by atoms with Crippen LogP contribution in [-0.2, 0) is 4.79 Å². The van der Waals surface area contributed by atoms with Gasteiger partial charge in [0.25, 0.3) is 0 Å². The van der Waals surface area contributed by atoms with Gasteiger partial charge in [-0.1, -0.05) is 13.8 Å². The van der Waals surface area contributed by atoms with Gasteiger partial charge in [-0.05, 0) is 57.0 Å². The Morgan fingerprint density at radius 2 is 1.67 bits per heavy atom. The molecular weight excluding hydrogens is 248 g/mol. The molecule has 18 heavy (non-hydrogen) atoms. The second kappa shape index (κ2) is 6.76. The minimum absolute atomic E-state index is 0. The minimum Gasteiger partial charge on any atom is -0.353 e. The molecule has 0 radical (unpaired) electrons. The van der Waals surface area contributed by atoms with E-state index in [1.807, 2.05) is 0 Å². The van der Waals surface area contributed by atoms with Gasteiger partial charge in [-0.3, -0.25) is 4.79 Å². The molecule has 0 aromatic heterocycles. The normalized spacial score (nSPS) is 25.2. The lowest BCUT2D eigenvalue weighted by Gasteiger charge is -2.35. The largest absolute Gasteiger partial charge is 0.353 e. The van der Waals surface area contributed by atoms with Crippen LogP contribution in [0.15, 0.2) is 0 Å². The van der Waals surface area contributed by atoms with Gasteiger partial charge in [-0.2, -0.15) is 0 Å². The van der Waals surface area contributed by atoms with Crippen molar-refractivity contribution in [2.24, 2.45) is 11.3 Å². The Labute approximate surface area is 117 Å². The van der Waals surface area contributed by atoms with Gasteiger partial charge in [-0.25, -0.2) is 0 Å². The zero-order valence-corrected chi connectivity index (χ0v) is 12.4. The molecule has 1 aliphatic carbocycles. The van der Waals surface area contributed by atoms with E-state index in [2.05, 4.69) is 24.5 Å². The van der Waals surface area contributed by atoms with Crippen LogP contribution in [0, 0.1) is 11.3 Å². The fourth-order valence-electron chi connectivity index (χ4n) is 2.95. The van der Waals surface area contributed by atoms with Gasteiger partial charge in [0.05, 0.1) is 0 Å². The van der Waals surface area contributed by atoms with Crippen molar-refractivity contribution >= 4 is 18.3 Å². The molecule has 0 aromatic rings. The molecule has 1 saturated carbocycles. The first-order chi connectivity index (χ1) is 8.07. The van der Waals surface area contributed by atoms with Crippen LogP contribution in [-0.4, -0.2) is 25.0 Å². The van der Waals surface area contributed by atoms with Gasteiger partial charge < -0.3 is 10.6 Å². The number of rotatable bonds is 2. The summed E-state index contributed by atoms with van der Waals surface area (Å²) < 4.78 is 0. The maximum atomic E-state index is 12.1. The predicted octanol–water partition coefficient (Wildman–Crippen LogP) is 2.49. The minimum atomic E-state index is 0. The summed E-state index contributed by atoms with van der Waals surface area (Å²) in [5.74, 6) is 0.558. The Bertz CT molecular complexity index is 265. The van der Waals surface area contributed by atoms with Crippen molar-refractivity contribution in [2.45, 2.75) is 58.4 Å². The molecule has 0 spiro atoms. The quantitative estimate of drug-likeness (QED) is 0.812. The number of piperidine rings is 1. The van der Waals surface area contributed by atoms with Crippen LogP contribution < -0.4 is 10.6 Å². The molecule has 1 heterocycles. The molecule has 4 heteroatoms. The van der Waals surface area contributed by atoms with Crippen molar-refractivity contribution in [3.63, 3.8) is 0 Å². The number of hydrogen-bond donors (Lipinski definition) is 2. The molecule has 106 valence electrons. The summed E-state index contributed by atoms with van der Waals surface area (Å²) in [7, 11) is 0. The van der Waals surface area contributed by atoms with E-state index >= 15 is 0 Å². The van der Waals surface area contributed by atoms with E-state index in [0.717, 1.165) is 38.8 Å². The SMILES string of the molecule is CC1(C)CCC(NC(=O)C2CCNCC2)CC1.Cl. The highest BCUT2D eigenvalue weighted by molar-refractivity contribution is 5.85. The Kier molecular flexibility index (Phi) is 5.93. The lowest BCUT2D eigenvalue weighted by molar-refractivity contribution is -0.126. The summed E-state index contributed by atoms with van der Waals surface area (Å²) >= 11 is 0. The molecule has 0 bridgehead atoms. The monoisotopic (exact) mass is 274 g/mol. The van der Waals surface area contributed by atoms with Gasteiger partial charge >= 0.3 is 0 Å². The average molecular weight is 275 g/mol. The van der Waals surface area contributed by atoms with E-state index in [9.17, 15) is 4.79 Å². The summed E-state index contributed by atoms with van der Waals surface area (Å²) in [6.45, 7) is 6.65. The third-order valence-corrected chi connectivity index (χ3v) is 4.40. The topological polar surface area (TPSA) is 41.1 Å². The zero-order chi connectivity index (χ0) is 12.3. The van der Waals surface area contributed by atoms with Gasteiger partial charge in [-0.15, -0.1) is 12.4 Å². The maximum Gasteiger partial charge on any atom is 0.223 e. The van der Waals surface area contributed by atoms with Crippen LogP contribution in [0.25, 0.3) is 0 Å².